The van der Waals surface area contributed by atoms with E-state index in [0.29, 0.717) is 18.9 Å². The first kappa shape index (κ1) is 14.6. The maximum Gasteiger partial charge on any atom is 0.144 e. The van der Waals surface area contributed by atoms with Crippen molar-refractivity contribution in [2.45, 2.75) is 20.3 Å². The average Bonchev–Trinajstić information content (AvgIpc) is 2.40. The van der Waals surface area contributed by atoms with Gasteiger partial charge in [-0.15, -0.1) is 0 Å². The molecule has 4 heteroatoms. The van der Waals surface area contributed by atoms with Crippen LogP contribution in [-0.4, -0.2) is 33.4 Å². The third-order valence-corrected chi connectivity index (χ3v) is 2.79. The van der Waals surface area contributed by atoms with Gasteiger partial charge in [-0.2, -0.15) is 0 Å². The van der Waals surface area contributed by atoms with E-state index < -0.39 is 0 Å². The lowest BCUT2D eigenvalue weighted by Crippen LogP contribution is -2.27. The molecule has 0 radical (unpaired) electrons. The summed E-state index contributed by atoms with van der Waals surface area (Å²) < 4.78 is 10.8. The molecule has 0 atom stereocenters. The Morgan fingerprint density at radius 3 is 2.61 bits per heavy atom. The molecule has 1 aromatic rings. The van der Waals surface area contributed by atoms with Crippen molar-refractivity contribution in [3.63, 3.8) is 0 Å². The maximum absolute atomic E-state index is 6.16. The molecule has 0 aliphatic rings. The SMILES string of the molecule is CCCOc1cccc(N(CC)CCOC)c1N. The Labute approximate surface area is 110 Å². The van der Waals surface area contributed by atoms with Gasteiger partial charge in [0.1, 0.15) is 5.75 Å². The molecule has 0 aromatic heterocycles. The molecule has 0 amide bonds. The standard InChI is InChI=1S/C14H24N2O2/c1-4-10-18-13-8-6-7-12(14(13)15)16(5-2)9-11-17-3/h6-8H,4-5,9-11,15H2,1-3H3. The van der Waals surface area contributed by atoms with E-state index in [4.69, 9.17) is 15.2 Å². The Bertz CT molecular complexity index is 356. The van der Waals surface area contributed by atoms with Crippen LogP contribution in [0.15, 0.2) is 18.2 Å². The summed E-state index contributed by atoms with van der Waals surface area (Å²) in [4.78, 5) is 2.19. The van der Waals surface area contributed by atoms with Gasteiger partial charge < -0.3 is 20.1 Å². The number of nitrogens with two attached hydrogens (primary N) is 1. The maximum atomic E-state index is 6.16. The summed E-state index contributed by atoms with van der Waals surface area (Å²) in [5.74, 6) is 0.769. The van der Waals surface area contributed by atoms with E-state index in [1.165, 1.54) is 0 Å². The second-order valence-electron chi connectivity index (χ2n) is 4.11. The fourth-order valence-corrected chi connectivity index (χ4v) is 1.80. The van der Waals surface area contributed by atoms with Gasteiger partial charge in [0.05, 0.1) is 24.6 Å². The predicted molar refractivity (Wildman–Crippen MR) is 76.4 cm³/mol. The Hall–Kier alpha value is -1.42. The van der Waals surface area contributed by atoms with Crippen LogP contribution in [0.1, 0.15) is 20.3 Å². The van der Waals surface area contributed by atoms with Crippen LogP contribution in [0.25, 0.3) is 0 Å². The quantitative estimate of drug-likeness (QED) is 0.722. The summed E-state index contributed by atoms with van der Waals surface area (Å²) in [6.07, 6.45) is 0.977. The molecular weight excluding hydrogens is 228 g/mol. The van der Waals surface area contributed by atoms with E-state index in [-0.39, 0.29) is 0 Å². The van der Waals surface area contributed by atoms with Crippen molar-refractivity contribution in [3.05, 3.63) is 18.2 Å². The lowest BCUT2D eigenvalue weighted by molar-refractivity contribution is 0.205. The molecule has 0 spiro atoms. The molecule has 0 saturated heterocycles. The minimum absolute atomic E-state index is 0.688. The Morgan fingerprint density at radius 2 is 2.00 bits per heavy atom. The second-order valence-corrected chi connectivity index (χ2v) is 4.11. The number of hydrogen-bond acceptors (Lipinski definition) is 4. The highest BCUT2D eigenvalue weighted by atomic mass is 16.5. The lowest BCUT2D eigenvalue weighted by Gasteiger charge is -2.25. The van der Waals surface area contributed by atoms with Crippen LogP contribution in [0.4, 0.5) is 11.4 Å². The van der Waals surface area contributed by atoms with Crippen LogP contribution in [0.3, 0.4) is 0 Å². The summed E-state index contributed by atoms with van der Waals surface area (Å²) in [7, 11) is 1.71. The molecule has 2 N–H and O–H groups in total. The summed E-state index contributed by atoms with van der Waals surface area (Å²) in [5.41, 5.74) is 7.89. The molecular formula is C14H24N2O2. The van der Waals surface area contributed by atoms with Crippen LogP contribution < -0.4 is 15.4 Å². The van der Waals surface area contributed by atoms with Crippen molar-refractivity contribution in [2.24, 2.45) is 0 Å². The van der Waals surface area contributed by atoms with Crippen molar-refractivity contribution in [3.8, 4) is 5.75 Å². The number of hydrogen-bond donors (Lipinski definition) is 1. The monoisotopic (exact) mass is 252 g/mol. The summed E-state index contributed by atoms with van der Waals surface area (Å²) in [6, 6.07) is 5.91. The second kappa shape index (κ2) is 7.82. The molecule has 0 fully saturated rings. The Kier molecular flexibility index (Phi) is 6.36. The molecule has 0 heterocycles. The third kappa shape index (κ3) is 3.81. The number of nitrogens with zero attached hydrogens (tertiary/aromatic N) is 1. The number of ether oxygens (including phenoxy) is 2. The predicted octanol–water partition coefficient (Wildman–Crippen LogP) is 2.53. The summed E-state index contributed by atoms with van der Waals surface area (Å²) in [5, 5.41) is 0. The number of nitrogen functional groups attached to an aromatic ring is 1. The van der Waals surface area contributed by atoms with Crippen LogP contribution in [-0.2, 0) is 4.74 Å². The number of para-hydroxylation sites is 1. The van der Waals surface area contributed by atoms with Gasteiger partial charge in [-0.25, -0.2) is 0 Å². The largest absolute Gasteiger partial charge is 0.491 e. The molecule has 0 aliphatic heterocycles. The minimum atomic E-state index is 0.688. The number of likely N-dealkylation sites (N-methyl/N-ethyl adjacent to an activating group) is 1. The van der Waals surface area contributed by atoms with Gasteiger partial charge in [-0.3, -0.25) is 0 Å². The topological polar surface area (TPSA) is 47.7 Å². The molecule has 102 valence electrons. The Balaban J connectivity index is 2.86. The van der Waals surface area contributed by atoms with E-state index in [9.17, 15) is 0 Å². The first-order valence-corrected chi connectivity index (χ1v) is 6.49. The van der Waals surface area contributed by atoms with Crippen molar-refractivity contribution in [1.82, 2.24) is 0 Å². The van der Waals surface area contributed by atoms with Gasteiger partial charge >= 0.3 is 0 Å². The molecule has 4 nitrogen and oxygen atoms in total. The van der Waals surface area contributed by atoms with Gasteiger partial charge in [-0.05, 0) is 25.5 Å². The van der Waals surface area contributed by atoms with E-state index in [1.54, 1.807) is 7.11 Å². The van der Waals surface area contributed by atoms with Crippen LogP contribution in [0.2, 0.25) is 0 Å². The summed E-state index contributed by atoms with van der Waals surface area (Å²) >= 11 is 0. The van der Waals surface area contributed by atoms with Gasteiger partial charge in [0.2, 0.25) is 0 Å². The first-order valence-electron chi connectivity index (χ1n) is 6.49. The van der Waals surface area contributed by atoms with E-state index in [1.807, 2.05) is 18.2 Å². The van der Waals surface area contributed by atoms with Gasteiger partial charge in [0, 0.05) is 20.2 Å². The number of anilines is 2. The fraction of sp³-hybridized carbons (Fsp3) is 0.571. The van der Waals surface area contributed by atoms with E-state index in [2.05, 4.69) is 18.7 Å². The number of rotatable bonds is 8. The van der Waals surface area contributed by atoms with Crippen LogP contribution >= 0.6 is 0 Å². The van der Waals surface area contributed by atoms with Crippen LogP contribution in [0, 0.1) is 0 Å². The van der Waals surface area contributed by atoms with Crippen LogP contribution in [0.5, 0.6) is 5.75 Å². The van der Waals surface area contributed by atoms with Gasteiger partial charge in [-0.1, -0.05) is 13.0 Å². The van der Waals surface area contributed by atoms with E-state index in [0.717, 1.165) is 30.9 Å². The highest BCUT2D eigenvalue weighted by molar-refractivity contribution is 5.74. The highest BCUT2D eigenvalue weighted by Crippen LogP contribution is 2.32. The average molecular weight is 252 g/mol. The molecule has 1 rings (SSSR count). The lowest BCUT2D eigenvalue weighted by atomic mass is 10.2. The zero-order valence-corrected chi connectivity index (χ0v) is 11.6. The van der Waals surface area contributed by atoms with E-state index >= 15 is 0 Å². The first-order chi connectivity index (χ1) is 8.74. The fourth-order valence-electron chi connectivity index (χ4n) is 1.80. The minimum Gasteiger partial charge on any atom is -0.491 e. The van der Waals surface area contributed by atoms with Crippen molar-refractivity contribution in [2.75, 3.05) is 44.0 Å². The zero-order valence-electron chi connectivity index (χ0n) is 11.6. The highest BCUT2D eigenvalue weighted by Gasteiger charge is 2.11. The normalized spacial score (nSPS) is 10.4. The molecule has 1 aromatic carbocycles. The molecule has 0 aliphatic carbocycles. The molecule has 0 bridgehead atoms. The third-order valence-electron chi connectivity index (χ3n) is 2.79. The number of methoxy groups -OCH3 is 1. The van der Waals surface area contributed by atoms with Gasteiger partial charge in [0.25, 0.3) is 0 Å². The number of benzene rings is 1. The Morgan fingerprint density at radius 1 is 1.22 bits per heavy atom. The molecule has 0 saturated carbocycles. The summed E-state index contributed by atoms with van der Waals surface area (Å²) in [6.45, 7) is 7.29. The zero-order chi connectivity index (χ0) is 13.4. The molecule has 0 unspecified atom stereocenters. The van der Waals surface area contributed by atoms with Gasteiger partial charge in [0.15, 0.2) is 0 Å². The van der Waals surface area contributed by atoms with Crippen molar-refractivity contribution < 1.29 is 9.47 Å². The van der Waals surface area contributed by atoms with Crippen molar-refractivity contribution in [1.29, 1.82) is 0 Å². The molecule has 18 heavy (non-hydrogen) atoms. The smallest absolute Gasteiger partial charge is 0.144 e. The van der Waals surface area contributed by atoms with Crippen molar-refractivity contribution >= 4 is 11.4 Å².